The van der Waals surface area contributed by atoms with Crippen LogP contribution in [-0.2, 0) is 11.2 Å². The lowest BCUT2D eigenvalue weighted by molar-refractivity contribution is -0.126. The molecule has 2 N–H and O–H groups in total. The maximum absolute atomic E-state index is 12.0. The normalized spacial score (nSPS) is 24.6. The molecule has 1 unspecified atom stereocenters. The Labute approximate surface area is 123 Å². The third-order valence-corrected chi connectivity index (χ3v) is 4.51. The van der Waals surface area contributed by atoms with Gasteiger partial charge in [0.25, 0.3) is 0 Å². The van der Waals surface area contributed by atoms with Crippen molar-refractivity contribution in [1.29, 1.82) is 0 Å². The molecule has 0 bridgehead atoms. The minimum absolute atomic E-state index is 0.414. The van der Waals surface area contributed by atoms with Crippen LogP contribution in [0.2, 0.25) is 0 Å². The van der Waals surface area contributed by atoms with Gasteiger partial charge < -0.3 is 14.8 Å². The van der Waals surface area contributed by atoms with E-state index >= 15 is 0 Å². The number of H-pyrrole nitrogens is 1. The van der Waals surface area contributed by atoms with Gasteiger partial charge in [-0.25, -0.2) is 4.79 Å². The fourth-order valence-corrected chi connectivity index (χ4v) is 2.75. The highest BCUT2D eigenvalue weighted by molar-refractivity contribution is 5.83. The molecule has 1 fully saturated rings. The van der Waals surface area contributed by atoms with Crippen LogP contribution < -0.4 is 0 Å². The molecule has 112 valence electrons. The van der Waals surface area contributed by atoms with Gasteiger partial charge >= 0.3 is 6.09 Å². The standard InChI is InChI=1S/C16H20N2O3/c1-15(2)16(3,20)18(14(19)21-15)9-8-11-10-17-13-7-5-4-6-12(11)13/h4-7,10,17,20H,8-9H2,1-3H3. The molecule has 1 amide bonds. The topological polar surface area (TPSA) is 65.6 Å². The smallest absolute Gasteiger partial charge is 0.412 e. The second kappa shape index (κ2) is 4.49. The highest BCUT2D eigenvalue weighted by Crippen LogP contribution is 2.37. The zero-order chi connectivity index (χ0) is 15.3. The van der Waals surface area contributed by atoms with Gasteiger partial charge in [-0.2, -0.15) is 0 Å². The summed E-state index contributed by atoms with van der Waals surface area (Å²) in [5.74, 6) is 0. The summed E-state index contributed by atoms with van der Waals surface area (Å²) < 4.78 is 5.26. The van der Waals surface area contributed by atoms with Crippen LogP contribution in [0.25, 0.3) is 10.9 Å². The number of carbonyl (C=O) groups excluding carboxylic acids is 1. The molecule has 2 aromatic rings. The number of rotatable bonds is 3. The summed E-state index contributed by atoms with van der Waals surface area (Å²) in [4.78, 5) is 16.6. The third-order valence-electron chi connectivity index (χ3n) is 4.51. The Morgan fingerprint density at radius 3 is 2.67 bits per heavy atom. The van der Waals surface area contributed by atoms with Crippen LogP contribution >= 0.6 is 0 Å². The summed E-state index contributed by atoms with van der Waals surface area (Å²) in [6, 6.07) is 8.03. The molecular weight excluding hydrogens is 268 g/mol. The zero-order valence-corrected chi connectivity index (χ0v) is 12.5. The first-order valence-corrected chi connectivity index (χ1v) is 7.11. The van der Waals surface area contributed by atoms with Crippen LogP contribution in [-0.4, -0.2) is 39.0 Å². The fourth-order valence-electron chi connectivity index (χ4n) is 2.75. The lowest BCUT2D eigenvalue weighted by Crippen LogP contribution is -2.54. The molecule has 1 aliphatic heterocycles. The Hall–Kier alpha value is -2.01. The molecule has 3 rings (SSSR count). The Bertz CT molecular complexity index is 688. The molecule has 1 aromatic heterocycles. The van der Waals surface area contributed by atoms with E-state index in [2.05, 4.69) is 4.98 Å². The summed E-state index contributed by atoms with van der Waals surface area (Å²) in [5.41, 5.74) is -0.0250. The molecule has 0 radical (unpaired) electrons. The first kappa shape index (κ1) is 13.9. The van der Waals surface area contributed by atoms with Gasteiger partial charge in [0.15, 0.2) is 11.3 Å². The molecule has 0 spiro atoms. The van der Waals surface area contributed by atoms with Gasteiger partial charge in [-0.15, -0.1) is 0 Å². The molecule has 5 nitrogen and oxygen atoms in total. The maximum Gasteiger partial charge on any atom is 0.412 e. The van der Waals surface area contributed by atoms with E-state index in [0.29, 0.717) is 13.0 Å². The van der Waals surface area contributed by atoms with Crippen molar-refractivity contribution in [2.45, 2.75) is 38.5 Å². The molecule has 0 aliphatic carbocycles. The van der Waals surface area contributed by atoms with E-state index in [9.17, 15) is 9.90 Å². The first-order chi connectivity index (χ1) is 9.83. The number of hydrogen-bond acceptors (Lipinski definition) is 3. The molecule has 5 heteroatoms. The van der Waals surface area contributed by atoms with E-state index in [1.165, 1.54) is 4.90 Å². The van der Waals surface area contributed by atoms with Gasteiger partial charge in [-0.3, -0.25) is 4.90 Å². The number of fused-ring (bicyclic) bond motifs is 1. The largest absolute Gasteiger partial charge is 0.438 e. The molecule has 1 saturated heterocycles. The molecule has 1 aliphatic rings. The molecule has 1 atom stereocenters. The number of benzene rings is 1. The SMILES string of the molecule is CC1(C)OC(=O)N(CCc2c[nH]c3ccccc23)C1(C)O. The van der Waals surface area contributed by atoms with Crippen LogP contribution in [0.15, 0.2) is 30.5 Å². The number of ether oxygens (including phenoxy) is 1. The Morgan fingerprint density at radius 1 is 1.29 bits per heavy atom. The van der Waals surface area contributed by atoms with Gasteiger partial charge in [0.2, 0.25) is 0 Å². The average Bonchev–Trinajstić information content (AvgIpc) is 2.87. The number of nitrogens with one attached hydrogen (secondary N) is 1. The lowest BCUT2D eigenvalue weighted by Gasteiger charge is -2.34. The van der Waals surface area contributed by atoms with Gasteiger partial charge in [0.1, 0.15) is 0 Å². The molecule has 2 heterocycles. The highest BCUT2D eigenvalue weighted by Gasteiger charge is 2.56. The highest BCUT2D eigenvalue weighted by atomic mass is 16.6. The van der Waals surface area contributed by atoms with Crippen molar-refractivity contribution in [2.24, 2.45) is 0 Å². The summed E-state index contributed by atoms with van der Waals surface area (Å²) in [6.07, 6.45) is 2.14. The summed E-state index contributed by atoms with van der Waals surface area (Å²) in [7, 11) is 0. The Morgan fingerprint density at radius 2 is 2.00 bits per heavy atom. The van der Waals surface area contributed by atoms with Gasteiger partial charge in [0.05, 0.1) is 0 Å². The first-order valence-electron chi connectivity index (χ1n) is 7.11. The number of carbonyl (C=O) groups is 1. The predicted octanol–water partition coefficient (Wildman–Crippen LogP) is 2.65. The number of aliphatic hydroxyl groups is 1. The fraction of sp³-hybridized carbons (Fsp3) is 0.438. The molecule has 0 saturated carbocycles. The van der Waals surface area contributed by atoms with Crippen molar-refractivity contribution in [3.63, 3.8) is 0 Å². The summed E-state index contributed by atoms with van der Waals surface area (Å²) in [5, 5.41) is 11.7. The number of nitrogens with zero attached hydrogens (tertiary/aromatic N) is 1. The van der Waals surface area contributed by atoms with E-state index in [0.717, 1.165) is 16.5 Å². The van der Waals surface area contributed by atoms with Gasteiger partial charge in [-0.05, 0) is 38.8 Å². The maximum atomic E-state index is 12.0. The van der Waals surface area contributed by atoms with Crippen LogP contribution in [0.5, 0.6) is 0 Å². The van der Waals surface area contributed by atoms with Crippen LogP contribution in [0.3, 0.4) is 0 Å². The van der Waals surface area contributed by atoms with Crippen molar-refractivity contribution in [1.82, 2.24) is 9.88 Å². The van der Waals surface area contributed by atoms with Gasteiger partial charge in [0, 0.05) is 23.6 Å². The molecule has 21 heavy (non-hydrogen) atoms. The van der Waals surface area contributed by atoms with E-state index < -0.39 is 17.4 Å². The monoisotopic (exact) mass is 288 g/mol. The Kier molecular flexibility index (Phi) is 2.99. The summed E-state index contributed by atoms with van der Waals surface area (Å²) in [6.45, 7) is 5.47. The second-order valence-electron chi connectivity index (χ2n) is 6.16. The van der Waals surface area contributed by atoms with Crippen molar-refractivity contribution in [3.8, 4) is 0 Å². The number of amides is 1. The van der Waals surface area contributed by atoms with E-state index in [-0.39, 0.29) is 0 Å². The van der Waals surface area contributed by atoms with E-state index in [1.54, 1.807) is 20.8 Å². The van der Waals surface area contributed by atoms with Crippen molar-refractivity contribution in [3.05, 3.63) is 36.0 Å². The van der Waals surface area contributed by atoms with E-state index in [1.807, 2.05) is 30.5 Å². The summed E-state index contributed by atoms with van der Waals surface area (Å²) >= 11 is 0. The lowest BCUT2D eigenvalue weighted by atomic mass is 9.95. The van der Waals surface area contributed by atoms with Crippen LogP contribution in [0.1, 0.15) is 26.3 Å². The number of hydrogen-bond donors (Lipinski definition) is 2. The minimum atomic E-state index is -1.31. The minimum Gasteiger partial charge on any atom is -0.438 e. The number of aromatic amines is 1. The zero-order valence-electron chi connectivity index (χ0n) is 12.5. The predicted molar refractivity (Wildman–Crippen MR) is 79.9 cm³/mol. The number of para-hydroxylation sites is 1. The molecule has 1 aromatic carbocycles. The average molecular weight is 288 g/mol. The van der Waals surface area contributed by atoms with Crippen molar-refractivity contribution < 1.29 is 14.6 Å². The number of cyclic esters (lactones) is 1. The second-order valence-corrected chi connectivity index (χ2v) is 6.16. The molecular formula is C16H20N2O3. The third kappa shape index (κ3) is 2.08. The van der Waals surface area contributed by atoms with Gasteiger partial charge in [-0.1, -0.05) is 18.2 Å². The van der Waals surface area contributed by atoms with Crippen LogP contribution in [0, 0.1) is 0 Å². The quantitative estimate of drug-likeness (QED) is 0.912. The van der Waals surface area contributed by atoms with E-state index in [4.69, 9.17) is 4.74 Å². The van der Waals surface area contributed by atoms with Crippen LogP contribution in [0.4, 0.5) is 4.79 Å². The van der Waals surface area contributed by atoms with Crippen molar-refractivity contribution >= 4 is 17.0 Å². The Balaban J connectivity index is 1.80. The number of aromatic nitrogens is 1. The van der Waals surface area contributed by atoms with Crippen molar-refractivity contribution in [2.75, 3.05) is 6.54 Å².